The molecule has 2 heterocycles. The molecule has 0 saturated heterocycles. The monoisotopic (exact) mass is 289 g/mol. The summed E-state index contributed by atoms with van der Waals surface area (Å²) < 4.78 is 14.8. The zero-order valence-corrected chi connectivity index (χ0v) is 12.1. The van der Waals surface area contributed by atoms with Crippen molar-refractivity contribution < 1.29 is 4.39 Å². The van der Waals surface area contributed by atoms with Gasteiger partial charge in [0.2, 0.25) is 0 Å². The lowest BCUT2D eigenvalue weighted by Crippen LogP contribution is -2.03. The van der Waals surface area contributed by atoms with Crippen molar-refractivity contribution in [3.05, 3.63) is 33.9 Å². The van der Waals surface area contributed by atoms with Gasteiger partial charge in [0.1, 0.15) is 5.82 Å². The number of nitrogens with one attached hydrogen (secondary N) is 1. The van der Waals surface area contributed by atoms with Crippen LogP contribution < -0.4 is 5.32 Å². The molecule has 3 nitrogen and oxygen atoms in total. The van der Waals surface area contributed by atoms with Crippen LogP contribution in [-0.2, 0) is 13.1 Å². The van der Waals surface area contributed by atoms with Gasteiger partial charge in [-0.15, -0.1) is 23.7 Å². The largest absolute Gasteiger partial charge is 0.364 e. The Morgan fingerprint density at radius 1 is 1.44 bits per heavy atom. The van der Waals surface area contributed by atoms with E-state index in [9.17, 15) is 4.39 Å². The molecule has 6 heteroatoms. The predicted octanol–water partition coefficient (Wildman–Crippen LogP) is 3.84. The summed E-state index contributed by atoms with van der Waals surface area (Å²) in [5.41, 5.74) is 1.15. The highest BCUT2D eigenvalue weighted by Gasteiger charge is 2.04. The van der Waals surface area contributed by atoms with Gasteiger partial charge in [-0.05, 0) is 25.5 Å². The highest BCUT2D eigenvalue weighted by atomic mass is 35.5. The van der Waals surface area contributed by atoms with Gasteiger partial charge in [-0.2, -0.15) is 9.49 Å². The molecule has 2 rings (SSSR count). The van der Waals surface area contributed by atoms with Crippen LogP contribution in [0, 0.1) is 12.1 Å². The molecule has 0 spiro atoms. The summed E-state index contributed by atoms with van der Waals surface area (Å²) in [6.45, 7) is 5.72. The second-order valence-electron chi connectivity index (χ2n) is 3.95. The average molecular weight is 290 g/mol. The zero-order valence-electron chi connectivity index (χ0n) is 10.4. The Hall–Kier alpha value is -1.07. The molecule has 0 saturated carbocycles. The molecular formula is C12H17ClFN3S. The van der Waals surface area contributed by atoms with Crippen molar-refractivity contribution in [2.75, 3.05) is 5.32 Å². The van der Waals surface area contributed by atoms with Gasteiger partial charge < -0.3 is 5.32 Å². The van der Waals surface area contributed by atoms with Crippen molar-refractivity contribution in [3.8, 4) is 0 Å². The van der Waals surface area contributed by atoms with Gasteiger partial charge >= 0.3 is 0 Å². The van der Waals surface area contributed by atoms with Crippen molar-refractivity contribution in [2.24, 2.45) is 0 Å². The third kappa shape index (κ3) is 3.71. The predicted molar refractivity (Wildman–Crippen MR) is 76.1 cm³/mol. The number of hydrogen-bond donors (Lipinski definition) is 1. The fourth-order valence-corrected chi connectivity index (χ4v) is 2.33. The summed E-state index contributed by atoms with van der Waals surface area (Å²) in [6, 6.07) is 5.30. The van der Waals surface area contributed by atoms with Crippen LogP contribution in [0.15, 0.2) is 18.2 Å². The molecule has 0 fully saturated rings. The molecule has 0 amide bonds. The maximum absolute atomic E-state index is 12.8. The van der Waals surface area contributed by atoms with Crippen LogP contribution >= 0.6 is 23.7 Å². The van der Waals surface area contributed by atoms with Gasteiger partial charge in [0.15, 0.2) is 5.13 Å². The molecule has 1 N–H and O–H groups in total. The van der Waals surface area contributed by atoms with Crippen LogP contribution in [0.1, 0.15) is 23.9 Å². The molecule has 0 radical (unpaired) electrons. The van der Waals surface area contributed by atoms with Crippen LogP contribution in [0.25, 0.3) is 0 Å². The fraction of sp³-hybridized carbons (Fsp3) is 0.417. The number of anilines is 1. The zero-order chi connectivity index (χ0) is 12.3. The Morgan fingerprint density at radius 2 is 2.22 bits per heavy atom. The third-order valence-electron chi connectivity index (χ3n) is 2.49. The minimum atomic E-state index is -0.144. The number of halogens is 2. The van der Waals surface area contributed by atoms with Gasteiger partial charge in [-0.1, -0.05) is 6.92 Å². The van der Waals surface area contributed by atoms with Gasteiger partial charge in [0.25, 0.3) is 0 Å². The number of hydrogen-bond acceptors (Lipinski definition) is 3. The molecule has 100 valence electrons. The summed E-state index contributed by atoms with van der Waals surface area (Å²) in [5.74, 6) is 0.852. The summed E-state index contributed by atoms with van der Waals surface area (Å²) in [6.07, 6.45) is 1.07. The lowest BCUT2D eigenvalue weighted by molar-refractivity contribution is 0.588. The van der Waals surface area contributed by atoms with Crippen molar-refractivity contribution in [3.63, 3.8) is 0 Å². The standard InChI is InChI=1S/C12H16FN3S.ClH/c1-3-6-16-9(2)7-12(15-16)14-8-10-4-5-11(13)17-10;/h4-5,7H,3,6,8H2,1-2H3,(H,14,15);1H. The second-order valence-corrected chi connectivity index (χ2v) is 5.07. The molecule has 0 unspecified atom stereocenters. The molecule has 0 aromatic carbocycles. The van der Waals surface area contributed by atoms with Crippen LogP contribution in [0.2, 0.25) is 0 Å². The normalized spacial score (nSPS) is 10.2. The van der Waals surface area contributed by atoms with E-state index in [1.54, 1.807) is 6.07 Å². The lowest BCUT2D eigenvalue weighted by Gasteiger charge is -2.01. The third-order valence-corrected chi connectivity index (χ3v) is 3.36. The van der Waals surface area contributed by atoms with Gasteiger partial charge in [-0.3, -0.25) is 4.68 Å². The number of aromatic nitrogens is 2. The quantitative estimate of drug-likeness (QED) is 0.906. The van der Waals surface area contributed by atoms with E-state index in [0.717, 1.165) is 40.7 Å². The second kappa shape index (κ2) is 6.75. The van der Waals surface area contributed by atoms with Crippen molar-refractivity contribution in [1.29, 1.82) is 0 Å². The Bertz CT molecular complexity index is 495. The molecule has 2 aromatic heterocycles. The first-order chi connectivity index (χ1) is 8.19. The lowest BCUT2D eigenvalue weighted by atomic mass is 10.4. The van der Waals surface area contributed by atoms with Gasteiger partial charge in [0.05, 0.1) is 6.54 Å². The molecule has 0 aliphatic rings. The van der Waals surface area contributed by atoms with E-state index in [1.165, 1.54) is 6.07 Å². The van der Waals surface area contributed by atoms with E-state index in [4.69, 9.17) is 0 Å². The number of rotatable bonds is 5. The van der Waals surface area contributed by atoms with Crippen molar-refractivity contribution in [1.82, 2.24) is 9.78 Å². The highest BCUT2D eigenvalue weighted by molar-refractivity contribution is 7.10. The first-order valence-corrected chi connectivity index (χ1v) is 6.53. The molecule has 0 bridgehead atoms. The number of aryl methyl sites for hydroxylation is 2. The highest BCUT2D eigenvalue weighted by Crippen LogP contribution is 2.16. The van der Waals surface area contributed by atoms with Crippen molar-refractivity contribution in [2.45, 2.75) is 33.4 Å². The summed E-state index contributed by atoms with van der Waals surface area (Å²) in [7, 11) is 0. The first-order valence-electron chi connectivity index (χ1n) is 5.71. The minimum Gasteiger partial charge on any atom is -0.364 e. The average Bonchev–Trinajstić information content (AvgIpc) is 2.84. The molecule has 0 aliphatic heterocycles. The molecule has 0 atom stereocenters. The van der Waals surface area contributed by atoms with E-state index in [2.05, 4.69) is 17.3 Å². The Kier molecular flexibility index (Phi) is 5.62. The topological polar surface area (TPSA) is 29.9 Å². The van der Waals surface area contributed by atoms with E-state index in [-0.39, 0.29) is 17.5 Å². The maximum Gasteiger partial charge on any atom is 0.176 e. The SMILES string of the molecule is CCCn1nc(NCc2ccc(F)s2)cc1C.Cl. The van der Waals surface area contributed by atoms with Crippen LogP contribution in [0.5, 0.6) is 0 Å². The van der Waals surface area contributed by atoms with Gasteiger partial charge in [0, 0.05) is 23.2 Å². The number of nitrogens with zero attached hydrogens (tertiary/aromatic N) is 2. The Labute approximate surface area is 116 Å². The molecule has 0 aliphatic carbocycles. The molecule has 2 aromatic rings. The minimum absolute atomic E-state index is 0. The van der Waals surface area contributed by atoms with E-state index in [1.807, 2.05) is 17.7 Å². The maximum atomic E-state index is 12.8. The smallest absolute Gasteiger partial charge is 0.176 e. The fourth-order valence-electron chi connectivity index (χ4n) is 1.66. The first kappa shape index (κ1) is 15.0. The van der Waals surface area contributed by atoms with Crippen molar-refractivity contribution >= 4 is 29.6 Å². The van der Waals surface area contributed by atoms with Gasteiger partial charge in [-0.25, -0.2) is 0 Å². The van der Waals surface area contributed by atoms with E-state index in [0.29, 0.717) is 6.54 Å². The molecular weight excluding hydrogens is 273 g/mol. The van der Waals surface area contributed by atoms with Crippen LogP contribution in [0.3, 0.4) is 0 Å². The van der Waals surface area contributed by atoms with Crippen LogP contribution in [0.4, 0.5) is 10.2 Å². The van der Waals surface area contributed by atoms with Crippen LogP contribution in [-0.4, -0.2) is 9.78 Å². The Balaban J connectivity index is 0.00000162. The number of thiophene rings is 1. The van der Waals surface area contributed by atoms with E-state index >= 15 is 0 Å². The summed E-state index contributed by atoms with van der Waals surface area (Å²) >= 11 is 1.16. The summed E-state index contributed by atoms with van der Waals surface area (Å²) in [4.78, 5) is 0.977. The summed E-state index contributed by atoms with van der Waals surface area (Å²) in [5, 5.41) is 7.50. The Morgan fingerprint density at radius 3 is 2.83 bits per heavy atom. The van der Waals surface area contributed by atoms with E-state index < -0.39 is 0 Å². The molecule has 18 heavy (non-hydrogen) atoms.